The normalized spacial score (nSPS) is 12.6. The highest BCUT2D eigenvalue weighted by Crippen LogP contribution is 2.21. The molecule has 3 nitrogen and oxygen atoms in total. The summed E-state index contributed by atoms with van der Waals surface area (Å²) in [4.78, 5) is 9.74. The van der Waals surface area contributed by atoms with E-state index in [4.69, 9.17) is 0 Å². The zero-order valence-electron chi connectivity index (χ0n) is 10.4. The van der Waals surface area contributed by atoms with Gasteiger partial charge in [-0.2, -0.15) is 0 Å². The van der Waals surface area contributed by atoms with Crippen LogP contribution < -0.4 is 5.32 Å². The highest BCUT2D eigenvalue weighted by Gasteiger charge is 2.10. The lowest BCUT2D eigenvalue weighted by Crippen LogP contribution is -2.18. The molecule has 0 radical (unpaired) electrons. The zero-order valence-corrected chi connectivity index (χ0v) is 11.2. The first-order valence-electron chi connectivity index (χ1n) is 5.71. The van der Waals surface area contributed by atoms with Crippen LogP contribution in [-0.4, -0.2) is 9.97 Å². The van der Waals surface area contributed by atoms with Crippen molar-refractivity contribution in [3.63, 3.8) is 0 Å². The van der Waals surface area contributed by atoms with Crippen LogP contribution in [0.25, 0.3) is 0 Å². The predicted octanol–water partition coefficient (Wildman–Crippen LogP) is 3.01. The van der Waals surface area contributed by atoms with Crippen molar-refractivity contribution in [3.05, 3.63) is 45.7 Å². The molecule has 0 saturated heterocycles. The summed E-state index contributed by atoms with van der Waals surface area (Å²) < 4.78 is 0. The van der Waals surface area contributed by atoms with E-state index in [1.165, 1.54) is 16.0 Å². The van der Waals surface area contributed by atoms with Gasteiger partial charge in [0.1, 0.15) is 0 Å². The van der Waals surface area contributed by atoms with Gasteiger partial charge in [-0.3, -0.25) is 4.98 Å². The predicted molar refractivity (Wildman–Crippen MR) is 71.1 cm³/mol. The molecule has 0 amide bonds. The Morgan fingerprint density at radius 1 is 1.41 bits per heavy atom. The number of hydrogen-bond donors (Lipinski definition) is 1. The smallest absolute Gasteiger partial charge is 0.0798 e. The minimum Gasteiger partial charge on any atom is -0.305 e. The Morgan fingerprint density at radius 3 is 2.88 bits per heavy atom. The summed E-state index contributed by atoms with van der Waals surface area (Å²) in [6.45, 7) is 7.19. The molecule has 0 aliphatic rings. The summed E-state index contributed by atoms with van der Waals surface area (Å²) >= 11 is 1.71. The van der Waals surface area contributed by atoms with E-state index in [1.807, 2.05) is 24.0 Å². The van der Waals surface area contributed by atoms with Gasteiger partial charge in [-0.25, -0.2) is 4.98 Å². The van der Waals surface area contributed by atoms with Crippen LogP contribution in [0.4, 0.5) is 0 Å². The van der Waals surface area contributed by atoms with Gasteiger partial charge < -0.3 is 5.32 Å². The summed E-state index contributed by atoms with van der Waals surface area (Å²) in [5, 5.41) is 3.51. The van der Waals surface area contributed by atoms with Crippen molar-refractivity contribution in [1.29, 1.82) is 0 Å². The van der Waals surface area contributed by atoms with E-state index in [0.29, 0.717) is 6.04 Å². The van der Waals surface area contributed by atoms with E-state index in [2.05, 4.69) is 36.1 Å². The van der Waals surface area contributed by atoms with Crippen molar-refractivity contribution < 1.29 is 0 Å². The molecule has 1 unspecified atom stereocenters. The van der Waals surface area contributed by atoms with Gasteiger partial charge in [0.15, 0.2) is 0 Å². The summed E-state index contributed by atoms with van der Waals surface area (Å²) in [5.74, 6) is 0. The number of hydrogen-bond acceptors (Lipinski definition) is 4. The van der Waals surface area contributed by atoms with Crippen LogP contribution in [0.15, 0.2) is 24.0 Å². The van der Waals surface area contributed by atoms with Gasteiger partial charge in [0.25, 0.3) is 0 Å². The Kier molecular flexibility index (Phi) is 3.86. The first kappa shape index (κ1) is 12.2. The molecular weight excluding hydrogens is 230 g/mol. The van der Waals surface area contributed by atoms with Crippen molar-refractivity contribution in [1.82, 2.24) is 15.3 Å². The molecular formula is C13H17N3S. The Labute approximate surface area is 106 Å². The maximum Gasteiger partial charge on any atom is 0.0798 e. The van der Waals surface area contributed by atoms with Gasteiger partial charge in [0.2, 0.25) is 0 Å². The summed E-state index contributed by atoms with van der Waals surface area (Å²) in [6.07, 6.45) is 3.75. The summed E-state index contributed by atoms with van der Waals surface area (Å²) in [7, 11) is 0. The number of aryl methyl sites for hydroxylation is 2. The van der Waals surface area contributed by atoms with Crippen molar-refractivity contribution >= 4 is 11.3 Å². The molecule has 0 fully saturated rings. The Morgan fingerprint density at radius 2 is 2.24 bits per heavy atom. The quantitative estimate of drug-likeness (QED) is 0.902. The fourth-order valence-corrected chi connectivity index (χ4v) is 2.60. The second-order valence-corrected chi connectivity index (χ2v) is 5.09. The average molecular weight is 247 g/mol. The van der Waals surface area contributed by atoms with Gasteiger partial charge in [0.05, 0.1) is 11.2 Å². The van der Waals surface area contributed by atoms with Crippen LogP contribution in [0.2, 0.25) is 0 Å². The van der Waals surface area contributed by atoms with E-state index < -0.39 is 0 Å². The fourth-order valence-electron chi connectivity index (χ4n) is 1.76. The fraction of sp³-hybridized carbons (Fsp3) is 0.385. The van der Waals surface area contributed by atoms with Crippen LogP contribution in [0.1, 0.15) is 34.7 Å². The van der Waals surface area contributed by atoms with Crippen LogP contribution in [0.5, 0.6) is 0 Å². The van der Waals surface area contributed by atoms with Crippen molar-refractivity contribution in [2.24, 2.45) is 0 Å². The number of nitrogens with one attached hydrogen (secondary N) is 1. The summed E-state index contributed by atoms with van der Waals surface area (Å²) in [5.41, 5.74) is 5.55. The minimum absolute atomic E-state index is 0.335. The zero-order chi connectivity index (χ0) is 12.3. The Bertz CT molecular complexity index is 493. The monoisotopic (exact) mass is 247 g/mol. The standard InChI is InChI=1S/C13H17N3S/c1-9-4-5-14-6-12(9)7-15-10(2)13-11(3)16-8-17-13/h4-6,8,10,15H,7H2,1-3H3. The van der Waals surface area contributed by atoms with Gasteiger partial charge >= 0.3 is 0 Å². The molecule has 2 aromatic heterocycles. The molecule has 2 aromatic rings. The first-order chi connectivity index (χ1) is 8.18. The van der Waals surface area contributed by atoms with Crippen molar-refractivity contribution in [2.45, 2.75) is 33.4 Å². The van der Waals surface area contributed by atoms with E-state index in [-0.39, 0.29) is 0 Å². The maximum absolute atomic E-state index is 4.28. The first-order valence-corrected chi connectivity index (χ1v) is 6.59. The van der Waals surface area contributed by atoms with Crippen LogP contribution >= 0.6 is 11.3 Å². The van der Waals surface area contributed by atoms with Crippen molar-refractivity contribution in [3.8, 4) is 0 Å². The van der Waals surface area contributed by atoms with Gasteiger partial charge in [0, 0.05) is 29.9 Å². The molecule has 0 spiro atoms. The lowest BCUT2D eigenvalue weighted by molar-refractivity contribution is 0.577. The molecule has 0 saturated carbocycles. The molecule has 2 rings (SSSR count). The highest BCUT2D eigenvalue weighted by molar-refractivity contribution is 7.09. The van der Waals surface area contributed by atoms with Gasteiger partial charge in [-0.15, -0.1) is 11.3 Å². The third-order valence-corrected chi connectivity index (χ3v) is 4.04. The van der Waals surface area contributed by atoms with Crippen LogP contribution in [0, 0.1) is 13.8 Å². The number of nitrogens with zero attached hydrogens (tertiary/aromatic N) is 2. The second-order valence-electron chi connectivity index (χ2n) is 4.21. The molecule has 17 heavy (non-hydrogen) atoms. The largest absolute Gasteiger partial charge is 0.305 e. The number of pyridine rings is 1. The van der Waals surface area contributed by atoms with E-state index in [1.54, 1.807) is 11.3 Å². The van der Waals surface area contributed by atoms with Crippen LogP contribution in [0.3, 0.4) is 0 Å². The van der Waals surface area contributed by atoms with Gasteiger partial charge in [-0.1, -0.05) is 0 Å². The lowest BCUT2D eigenvalue weighted by Gasteiger charge is -2.13. The molecule has 1 N–H and O–H groups in total. The maximum atomic E-state index is 4.28. The van der Waals surface area contributed by atoms with Gasteiger partial charge in [-0.05, 0) is 38.0 Å². The van der Waals surface area contributed by atoms with Crippen molar-refractivity contribution in [2.75, 3.05) is 0 Å². The Hall–Kier alpha value is -1.26. The SMILES string of the molecule is Cc1ccncc1CNC(C)c1scnc1C. The highest BCUT2D eigenvalue weighted by atomic mass is 32.1. The number of aromatic nitrogens is 2. The number of thiazole rings is 1. The third kappa shape index (κ3) is 2.90. The van der Waals surface area contributed by atoms with Crippen LogP contribution in [-0.2, 0) is 6.54 Å². The molecule has 1 atom stereocenters. The molecule has 4 heteroatoms. The molecule has 0 aromatic carbocycles. The topological polar surface area (TPSA) is 37.8 Å². The average Bonchev–Trinajstić information content (AvgIpc) is 2.74. The molecule has 2 heterocycles. The molecule has 0 aliphatic carbocycles. The molecule has 0 bridgehead atoms. The molecule has 0 aliphatic heterocycles. The Balaban J connectivity index is 2.00. The van der Waals surface area contributed by atoms with E-state index >= 15 is 0 Å². The molecule has 90 valence electrons. The third-order valence-electron chi connectivity index (χ3n) is 2.92. The second kappa shape index (κ2) is 5.38. The summed E-state index contributed by atoms with van der Waals surface area (Å²) in [6, 6.07) is 2.38. The van der Waals surface area contributed by atoms with E-state index in [0.717, 1.165) is 12.2 Å². The van der Waals surface area contributed by atoms with E-state index in [9.17, 15) is 0 Å². The lowest BCUT2D eigenvalue weighted by atomic mass is 10.1. The number of rotatable bonds is 4. The minimum atomic E-state index is 0.335.